The van der Waals surface area contributed by atoms with Gasteiger partial charge in [-0.15, -0.1) is 0 Å². The highest BCUT2D eigenvalue weighted by Gasteiger charge is 2.32. The zero-order valence-corrected chi connectivity index (χ0v) is 71.2. The van der Waals surface area contributed by atoms with Crippen LogP contribution in [0.3, 0.4) is 0 Å². The second-order valence-electron chi connectivity index (χ2n) is 30.8. The highest BCUT2D eigenvalue weighted by atomic mass is 15.2. The summed E-state index contributed by atoms with van der Waals surface area (Å²) in [4.78, 5) is 22.1. The van der Waals surface area contributed by atoms with E-state index in [-0.39, 0.29) is 0 Å². The molecule has 20 aromatic heterocycles. The van der Waals surface area contributed by atoms with Crippen LogP contribution in [0.15, 0.2) is 282 Å². The van der Waals surface area contributed by atoms with Crippen molar-refractivity contribution in [3.63, 3.8) is 0 Å². The fourth-order valence-corrected chi connectivity index (χ4v) is 16.3. The van der Waals surface area contributed by atoms with Gasteiger partial charge in [0.05, 0.1) is 0 Å². The summed E-state index contributed by atoms with van der Waals surface area (Å²) in [5.74, 6) is 4.71. The Morgan fingerprint density at radius 2 is 0.479 bits per heavy atom. The van der Waals surface area contributed by atoms with Crippen LogP contribution in [0.5, 0.6) is 0 Å². The highest BCUT2D eigenvalue weighted by Crippen LogP contribution is 2.29. The van der Waals surface area contributed by atoms with Crippen molar-refractivity contribution in [2.45, 2.75) is 27.7 Å². The lowest BCUT2D eigenvalue weighted by atomic mass is 10.1. The molecule has 0 spiro atoms. The third-order valence-corrected chi connectivity index (χ3v) is 22.8. The topological polar surface area (TPSA) is 150 Å². The molecule has 0 bridgehead atoms. The minimum Gasteiger partial charge on any atom is -0.308 e. The van der Waals surface area contributed by atoms with Crippen LogP contribution in [-0.4, -0.2) is 69.8 Å². The summed E-state index contributed by atoms with van der Waals surface area (Å²) in [6, 6.07) is 55.6. The fourth-order valence-electron chi connectivity index (χ4n) is 16.3. The maximum atomic E-state index is 4.42. The van der Waals surface area contributed by atoms with E-state index >= 15 is 0 Å². The van der Waals surface area contributed by atoms with Gasteiger partial charge in [0, 0.05) is 249 Å². The van der Waals surface area contributed by atoms with E-state index in [0.29, 0.717) is 0 Å². The van der Waals surface area contributed by atoms with Crippen LogP contribution in [0.4, 0.5) is 0 Å². The molecule has 0 unspecified atom stereocenters. The summed E-state index contributed by atoms with van der Waals surface area (Å²) in [7, 11) is 31.2. The average molecular weight is 1580 g/mol. The molecule has 594 valence electrons. The van der Waals surface area contributed by atoms with Crippen molar-refractivity contribution < 1.29 is 45.7 Å². The number of imidazole rings is 10. The Morgan fingerprint density at radius 1 is 0.218 bits per heavy atom. The van der Waals surface area contributed by atoms with Crippen LogP contribution >= 0.6 is 0 Å². The minimum atomic E-state index is 0.940. The van der Waals surface area contributed by atoms with Gasteiger partial charge in [-0.3, -0.25) is 22.0 Å². The van der Waals surface area contributed by atoms with Crippen LogP contribution in [0.2, 0.25) is 0 Å². The van der Waals surface area contributed by atoms with E-state index in [0.717, 1.165) is 74.4 Å². The molecule has 20 aromatic rings. The Balaban J connectivity index is 0.000000111. The smallest absolute Gasteiger partial charge is 0.277 e. The summed E-state index contributed by atoms with van der Waals surface area (Å²) in [5.41, 5.74) is 28.3. The second kappa shape index (κ2) is 32.1. The highest BCUT2D eigenvalue weighted by molar-refractivity contribution is 5.65. The molecule has 0 atom stereocenters. The summed E-state index contributed by atoms with van der Waals surface area (Å²) >= 11 is 0. The Bertz CT molecular complexity index is 7040. The summed E-state index contributed by atoms with van der Waals surface area (Å²) in [5, 5.41) is 0. The predicted octanol–water partition coefficient (Wildman–Crippen LogP) is 9.51. The Labute approximate surface area is 691 Å². The quantitative estimate of drug-likeness (QED) is 0.125. The van der Waals surface area contributed by atoms with E-state index in [4.69, 9.17) is 0 Å². The first-order chi connectivity index (χ1) is 57.4. The monoisotopic (exact) mass is 1580 g/mol. The number of aromatic nitrogens is 25. The third-order valence-electron chi connectivity index (χ3n) is 22.8. The van der Waals surface area contributed by atoms with Gasteiger partial charge < -0.3 is 22.8 Å². The molecular weight excluding hydrogens is 1480 g/mol. The number of aryl methyl sites for hydroxylation is 14. The lowest BCUT2D eigenvalue weighted by Crippen LogP contribution is -2.40. The van der Waals surface area contributed by atoms with Gasteiger partial charge in [0.2, 0.25) is 57.4 Å². The van der Waals surface area contributed by atoms with Gasteiger partial charge in [-0.25, -0.2) is 24.9 Å². The average Bonchev–Trinajstić information content (AvgIpc) is 1.66. The number of hydrogen-bond acceptors (Lipinski definition) is 5. The molecule has 119 heavy (non-hydrogen) atoms. The molecule has 25 nitrogen and oxygen atoms in total. The van der Waals surface area contributed by atoms with Crippen LogP contribution in [-0.2, 0) is 106 Å². The standard InChI is InChI=1S/4C19H21N5.C18H19N5/c1-14-8-10-21(2)17(12-14)15-6-5-7-16(22(15)3)18-13-24-11-9-20-19(24)23(18)4;1-14-8-9-15(21(2)12-14)16-6-5-7-17(22(16)3)18-13-24-11-10-20-19(24)23(18)4;2*1-14-11-16(15-7-5-6-9-21(15)2)22(3)17(12-14)18-13-24-10-8-20-19(24)23(18)4;1-20-11-5-4-7-14(20)15-8-6-9-16(21(15)2)17-13-23-12-10-19-18(23)22(17)3/h4*5-13H,1-4H3;4-13H,1-3H3/q5*+2. The molecule has 0 aliphatic carbocycles. The zero-order valence-electron chi connectivity index (χ0n) is 71.2. The first-order valence-corrected chi connectivity index (χ1v) is 39.6. The van der Waals surface area contributed by atoms with Gasteiger partial charge >= 0.3 is 0 Å². The molecule has 0 radical (unpaired) electrons. The summed E-state index contributed by atoms with van der Waals surface area (Å²) in [6.07, 6.45) is 40.1. The van der Waals surface area contributed by atoms with Gasteiger partial charge in [0.15, 0.2) is 31.0 Å². The predicted molar refractivity (Wildman–Crippen MR) is 456 cm³/mol. The van der Waals surface area contributed by atoms with Gasteiger partial charge in [-0.2, -0.15) is 45.7 Å². The number of fused-ring (bicyclic) bond motifs is 5. The molecule has 20 heterocycles. The van der Waals surface area contributed by atoms with Crippen molar-refractivity contribution in [1.82, 2.24) is 69.8 Å². The number of nitrogens with zero attached hydrogens (tertiary/aromatic N) is 25. The third kappa shape index (κ3) is 14.7. The number of pyridine rings is 10. The van der Waals surface area contributed by atoms with E-state index in [1.807, 2.05) is 96.0 Å². The zero-order chi connectivity index (χ0) is 83.4. The first kappa shape index (κ1) is 78.2. The molecule has 0 aliphatic rings. The molecule has 0 aromatic carbocycles. The van der Waals surface area contributed by atoms with E-state index < -0.39 is 0 Å². The van der Waals surface area contributed by atoms with Crippen LogP contribution < -0.4 is 45.7 Å². The Hall–Kier alpha value is -14.8. The van der Waals surface area contributed by atoms with Crippen molar-refractivity contribution in [2.75, 3.05) is 0 Å². The second-order valence-corrected chi connectivity index (χ2v) is 30.8. The van der Waals surface area contributed by atoms with Gasteiger partial charge in [-0.05, 0) is 86.8 Å². The molecule has 0 aliphatic heterocycles. The fraction of sp³-hybridized carbons (Fsp3) is 0.202. The van der Waals surface area contributed by atoms with Crippen molar-refractivity contribution in [2.24, 2.45) is 106 Å². The van der Waals surface area contributed by atoms with E-state index in [1.54, 1.807) is 0 Å². The Kier molecular flexibility index (Phi) is 21.1. The normalized spacial score (nSPS) is 11.3. The molecule has 0 N–H and O–H groups in total. The van der Waals surface area contributed by atoms with Crippen molar-refractivity contribution in [1.29, 1.82) is 0 Å². The molecule has 20 rings (SSSR count). The largest absolute Gasteiger partial charge is 0.308 e. The van der Waals surface area contributed by atoms with Gasteiger partial charge in [0.1, 0.15) is 98.9 Å². The molecule has 0 amide bonds. The van der Waals surface area contributed by atoms with E-state index in [9.17, 15) is 0 Å². The first-order valence-electron chi connectivity index (χ1n) is 39.6. The summed E-state index contributed by atoms with van der Waals surface area (Å²) < 4.78 is 42.8. The lowest BCUT2D eigenvalue weighted by Gasteiger charge is -2.06. The maximum absolute atomic E-state index is 4.42. The number of rotatable bonds is 10. The molecule has 0 saturated carbocycles. The van der Waals surface area contributed by atoms with Crippen LogP contribution in [0.25, 0.3) is 143 Å². The van der Waals surface area contributed by atoms with Crippen LogP contribution in [0, 0.1) is 27.7 Å². The van der Waals surface area contributed by atoms with Gasteiger partial charge in [0.25, 0.3) is 56.9 Å². The lowest BCUT2D eigenvalue weighted by molar-refractivity contribution is -0.685. The van der Waals surface area contributed by atoms with Crippen molar-refractivity contribution in [3.8, 4) is 114 Å². The van der Waals surface area contributed by atoms with Gasteiger partial charge in [-0.1, -0.05) is 0 Å². The molecule has 0 saturated heterocycles. The SMILES string of the molecule is Cc1cc(-c2cn3ccnc3n2C)[n+](C)c(-c2cccc[n+]2C)c1.Cc1cc(-c2cn3ccnc3n2C)[n+](C)c(-c2cccc[n+]2C)c1.Cc1cc[n+](C)c(-c2cccc(-c3cn4ccnc4n3C)[n+]2C)c1.Cc1ccc(-c2cccc(-c3cn4ccnc4n3C)[n+]2C)[n+](C)c1.Cn1c(-c2cccc(-c3cccc[n+]3C)[n+]2C)cn2ccnc12. The summed E-state index contributed by atoms with van der Waals surface area (Å²) in [6.45, 7) is 8.52. The molecule has 25 heteroatoms. The minimum absolute atomic E-state index is 0.940. The van der Waals surface area contributed by atoms with Crippen molar-refractivity contribution in [3.05, 3.63) is 304 Å². The Morgan fingerprint density at radius 3 is 0.798 bits per heavy atom. The van der Waals surface area contributed by atoms with Crippen LogP contribution in [0.1, 0.15) is 22.3 Å². The number of hydrogen-bond donors (Lipinski definition) is 0. The van der Waals surface area contributed by atoms with E-state index in [2.05, 4.69) is 434 Å². The van der Waals surface area contributed by atoms with Crippen molar-refractivity contribution >= 4 is 28.9 Å². The molecular formula is C94H103N25+10. The van der Waals surface area contributed by atoms with E-state index in [1.165, 1.54) is 90.6 Å². The maximum Gasteiger partial charge on any atom is 0.277 e. The molecule has 0 fully saturated rings.